The minimum absolute atomic E-state index is 0.105. The minimum Gasteiger partial charge on any atom is -0.342 e. The molecule has 1 aliphatic heterocycles. The van der Waals surface area contributed by atoms with Gasteiger partial charge in [-0.05, 0) is 56.0 Å². The minimum atomic E-state index is -0.105. The van der Waals surface area contributed by atoms with Gasteiger partial charge in [-0.1, -0.05) is 37.6 Å². The lowest BCUT2D eigenvalue weighted by atomic mass is 9.86. The Morgan fingerprint density at radius 3 is 2.86 bits per heavy atom. The quantitative estimate of drug-likeness (QED) is 0.899. The summed E-state index contributed by atoms with van der Waals surface area (Å²) in [5, 5.41) is 3.93. The third kappa shape index (κ3) is 4.23. The van der Waals surface area contributed by atoms with E-state index in [1.807, 2.05) is 31.3 Å². The molecule has 0 radical (unpaired) electrons. The molecule has 0 aromatic heterocycles. The first-order chi connectivity index (χ1) is 10.5. The zero-order valence-corrected chi connectivity index (χ0v) is 14.6. The highest BCUT2D eigenvalue weighted by Gasteiger charge is 2.31. The number of hydrogen-bond donors (Lipinski definition) is 1. The molecule has 1 aliphatic rings. The molecule has 0 spiro atoms. The molecule has 2 unspecified atom stereocenters. The molecule has 1 saturated heterocycles. The molecule has 1 heterocycles. The van der Waals surface area contributed by atoms with E-state index >= 15 is 0 Å². The Balaban J connectivity index is 2.16. The van der Waals surface area contributed by atoms with Gasteiger partial charge in [-0.25, -0.2) is 0 Å². The number of hydrogen-bond acceptors (Lipinski definition) is 2. The molecule has 0 bridgehead atoms. The van der Waals surface area contributed by atoms with Gasteiger partial charge in [-0.15, -0.1) is 0 Å². The molecular weight excluding hydrogens is 296 g/mol. The van der Waals surface area contributed by atoms with Gasteiger partial charge in [0.15, 0.2) is 0 Å². The van der Waals surface area contributed by atoms with Crippen LogP contribution in [0.4, 0.5) is 0 Å². The molecule has 122 valence electrons. The van der Waals surface area contributed by atoms with E-state index in [0.717, 1.165) is 31.6 Å². The predicted octanol–water partition coefficient (Wildman–Crippen LogP) is 3.54. The molecule has 1 aromatic carbocycles. The summed E-state index contributed by atoms with van der Waals surface area (Å²) in [6.07, 6.45) is 2.30. The van der Waals surface area contributed by atoms with Crippen LogP contribution in [0.25, 0.3) is 0 Å². The summed E-state index contributed by atoms with van der Waals surface area (Å²) in [7, 11) is 1.98. The van der Waals surface area contributed by atoms with Crippen molar-refractivity contribution in [2.75, 3.05) is 26.7 Å². The number of nitrogens with zero attached hydrogens (tertiary/aromatic N) is 1. The number of halogens is 1. The van der Waals surface area contributed by atoms with Crippen molar-refractivity contribution in [3.8, 4) is 0 Å². The van der Waals surface area contributed by atoms with Crippen molar-refractivity contribution in [2.24, 2.45) is 11.8 Å². The van der Waals surface area contributed by atoms with Gasteiger partial charge in [0.05, 0.1) is 5.92 Å². The molecule has 0 aliphatic carbocycles. The number of rotatable bonds is 5. The largest absolute Gasteiger partial charge is 0.342 e. The lowest BCUT2D eigenvalue weighted by Gasteiger charge is -2.36. The van der Waals surface area contributed by atoms with Gasteiger partial charge in [0, 0.05) is 18.1 Å². The fraction of sp³-hybridized carbons (Fsp3) is 0.611. The normalized spacial score (nSPS) is 20.2. The van der Waals surface area contributed by atoms with Gasteiger partial charge < -0.3 is 10.2 Å². The molecule has 4 heteroatoms. The van der Waals surface area contributed by atoms with Crippen molar-refractivity contribution in [1.29, 1.82) is 0 Å². The zero-order valence-electron chi connectivity index (χ0n) is 13.8. The van der Waals surface area contributed by atoms with Crippen LogP contribution in [0.5, 0.6) is 0 Å². The van der Waals surface area contributed by atoms with Crippen molar-refractivity contribution in [2.45, 2.75) is 32.6 Å². The summed E-state index contributed by atoms with van der Waals surface area (Å²) in [4.78, 5) is 15.1. The van der Waals surface area contributed by atoms with E-state index in [2.05, 4.69) is 24.1 Å². The number of likely N-dealkylation sites (tertiary alicyclic amines) is 1. The molecular formula is C18H27ClN2O. The molecule has 22 heavy (non-hydrogen) atoms. The van der Waals surface area contributed by atoms with E-state index in [1.54, 1.807) is 0 Å². The Hall–Kier alpha value is -1.06. The first-order valence-corrected chi connectivity index (χ1v) is 8.59. The Morgan fingerprint density at radius 2 is 2.23 bits per heavy atom. The van der Waals surface area contributed by atoms with Crippen LogP contribution in [0.3, 0.4) is 0 Å². The van der Waals surface area contributed by atoms with Crippen LogP contribution in [-0.4, -0.2) is 37.5 Å². The smallest absolute Gasteiger partial charge is 0.230 e. The van der Waals surface area contributed by atoms with Crippen LogP contribution in [0.2, 0.25) is 5.02 Å². The number of carbonyl (C=O) groups excluding carboxylic acids is 1. The molecule has 2 atom stereocenters. The second-order valence-corrected chi connectivity index (χ2v) is 7.06. The molecule has 1 fully saturated rings. The second kappa shape index (κ2) is 7.98. The summed E-state index contributed by atoms with van der Waals surface area (Å²) in [6.45, 7) is 6.94. The number of amides is 1. The lowest BCUT2D eigenvalue weighted by Crippen LogP contribution is -2.45. The van der Waals surface area contributed by atoms with Gasteiger partial charge in [0.25, 0.3) is 0 Å². The Kier molecular flexibility index (Phi) is 6.27. The van der Waals surface area contributed by atoms with Crippen molar-refractivity contribution in [3.05, 3.63) is 34.9 Å². The van der Waals surface area contributed by atoms with Crippen LogP contribution < -0.4 is 5.32 Å². The molecule has 2 rings (SSSR count). The van der Waals surface area contributed by atoms with Crippen molar-refractivity contribution >= 4 is 17.5 Å². The van der Waals surface area contributed by atoms with Crippen LogP contribution in [0.1, 0.15) is 38.2 Å². The summed E-state index contributed by atoms with van der Waals surface area (Å²) in [6, 6.07) is 7.74. The fourth-order valence-corrected chi connectivity index (χ4v) is 3.63. The summed E-state index contributed by atoms with van der Waals surface area (Å²) in [5.74, 6) is 0.968. The standard InChI is InChI=1S/C18H27ClN2O/c1-13(2)17(15-7-4-8-16(19)10-15)18(22)21-9-5-6-14(12-21)11-20-3/h4,7-8,10,13-14,17,20H,5-6,9,11-12H2,1-3H3. The number of nitrogens with one attached hydrogen (secondary N) is 1. The third-order valence-electron chi connectivity index (χ3n) is 4.46. The number of carbonyl (C=O) groups is 1. The molecule has 1 aromatic rings. The van der Waals surface area contributed by atoms with E-state index in [4.69, 9.17) is 11.6 Å². The van der Waals surface area contributed by atoms with Crippen molar-refractivity contribution in [3.63, 3.8) is 0 Å². The van der Waals surface area contributed by atoms with E-state index in [0.29, 0.717) is 10.9 Å². The first kappa shape index (κ1) is 17.3. The first-order valence-electron chi connectivity index (χ1n) is 8.21. The average Bonchev–Trinajstić information content (AvgIpc) is 2.47. The summed E-state index contributed by atoms with van der Waals surface area (Å²) in [5.41, 5.74) is 1.03. The van der Waals surface area contributed by atoms with Gasteiger partial charge >= 0.3 is 0 Å². The highest BCUT2D eigenvalue weighted by molar-refractivity contribution is 6.30. The topological polar surface area (TPSA) is 32.3 Å². The van der Waals surface area contributed by atoms with E-state index in [-0.39, 0.29) is 17.7 Å². The Morgan fingerprint density at radius 1 is 1.45 bits per heavy atom. The van der Waals surface area contributed by atoms with Crippen molar-refractivity contribution < 1.29 is 4.79 Å². The molecule has 1 amide bonds. The van der Waals surface area contributed by atoms with Gasteiger partial charge in [0.1, 0.15) is 0 Å². The summed E-state index contributed by atoms with van der Waals surface area (Å²) >= 11 is 6.12. The van der Waals surface area contributed by atoms with Gasteiger partial charge in [-0.2, -0.15) is 0 Å². The fourth-order valence-electron chi connectivity index (χ4n) is 3.43. The highest BCUT2D eigenvalue weighted by Crippen LogP contribution is 2.30. The van der Waals surface area contributed by atoms with E-state index < -0.39 is 0 Å². The average molecular weight is 323 g/mol. The highest BCUT2D eigenvalue weighted by atomic mass is 35.5. The van der Waals surface area contributed by atoms with Crippen LogP contribution in [0.15, 0.2) is 24.3 Å². The van der Waals surface area contributed by atoms with Crippen molar-refractivity contribution in [1.82, 2.24) is 10.2 Å². The number of benzene rings is 1. The number of piperidine rings is 1. The lowest BCUT2D eigenvalue weighted by molar-refractivity contribution is -0.135. The third-order valence-corrected chi connectivity index (χ3v) is 4.70. The molecule has 0 saturated carbocycles. The molecule has 3 nitrogen and oxygen atoms in total. The van der Waals surface area contributed by atoms with Crippen LogP contribution >= 0.6 is 11.6 Å². The van der Waals surface area contributed by atoms with Gasteiger partial charge in [0.2, 0.25) is 5.91 Å². The molecule has 1 N–H and O–H groups in total. The zero-order chi connectivity index (χ0) is 16.1. The van der Waals surface area contributed by atoms with E-state index in [9.17, 15) is 4.79 Å². The van der Waals surface area contributed by atoms with Crippen LogP contribution in [0, 0.1) is 11.8 Å². The predicted molar refractivity (Wildman–Crippen MR) is 92.3 cm³/mol. The van der Waals surface area contributed by atoms with E-state index in [1.165, 1.54) is 6.42 Å². The summed E-state index contributed by atoms with van der Waals surface area (Å²) < 4.78 is 0. The Labute approximate surface area is 139 Å². The van der Waals surface area contributed by atoms with Gasteiger partial charge in [-0.3, -0.25) is 4.79 Å². The Bertz CT molecular complexity index is 502. The maximum Gasteiger partial charge on any atom is 0.230 e. The van der Waals surface area contributed by atoms with Crippen LogP contribution in [-0.2, 0) is 4.79 Å². The monoisotopic (exact) mass is 322 g/mol. The SMILES string of the molecule is CNCC1CCCN(C(=O)C(c2cccc(Cl)c2)C(C)C)C1. The maximum absolute atomic E-state index is 13.1. The second-order valence-electron chi connectivity index (χ2n) is 6.63. The maximum atomic E-state index is 13.1.